The zero-order chi connectivity index (χ0) is 27.6. The molecule has 1 amide bonds. The third kappa shape index (κ3) is 4.54. The molecule has 5 rings (SSSR count). The molecular weight excluding hydrogens is 505 g/mol. The van der Waals surface area contributed by atoms with Crippen molar-refractivity contribution in [1.29, 1.82) is 0 Å². The van der Waals surface area contributed by atoms with Gasteiger partial charge in [-0.2, -0.15) is 0 Å². The Morgan fingerprint density at radius 3 is 2.58 bits per heavy atom. The molecule has 0 spiro atoms. The Balaban J connectivity index is 1.59. The van der Waals surface area contributed by atoms with Crippen LogP contribution >= 0.6 is 0 Å². The molecule has 2 atom stereocenters. The Morgan fingerprint density at radius 2 is 1.92 bits per heavy atom. The van der Waals surface area contributed by atoms with Gasteiger partial charge in [-0.25, -0.2) is 27.7 Å². The molecule has 38 heavy (non-hydrogen) atoms. The van der Waals surface area contributed by atoms with Crippen LogP contribution in [0.4, 0.5) is 23.8 Å². The van der Waals surface area contributed by atoms with Gasteiger partial charge in [-0.1, -0.05) is 0 Å². The van der Waals surface area contributed by atoms with Gasteiger partial charge in [0.25, 0.3) is 0 Å². The number of benzene rings is 1. The summed E-state index contributed by atoms with van der Waals surface area (Å²) in [5, 5.41) is 12.0. The number of amides is 1. The summed E-state index contributed by atoms with van der Waals surface area (Å²) in [7, 11) is 0. The molecular formula is C26H25F3N4O5. The third-order valence-electron chi connectivity index (χ3n) is 6.81. The van der Waals surface area contributed by atoms with E-state index in [0.717, 1.165) is 29.0 Å². The number of fused-ring (bicyclic) bond motifs is 2. The summed E-state index contributed by atoms with van der Waals surface area (Å²) in [6.07, 6.45) is 1.60. The smallest absolute Gasteiger partial charge is 0.408 e. The Morgan fingerprint density at radius 1 is 1.18 bits per heavy atom. The molecule has 2 aliphatic rings. The highest BCUT2D eigenvalue weighted by Crippen LogP contribution is 2.50. The van der Waals surface area contributed by atoms with Crippen LogP contribution < -0.4 is 15.6 Å². The first-order valence-corrected chi connectivity index (χ1v) is 12.0. The van der Waals surface area contributed by atoms with E-state index in [1.165, 1.54) is 0 Å². The van der Waals surface area contributed by atoms with Gasteiger partial charge in [0.2, 0.25) is 5.43 Å². The average molecular weight is 531 g/mol. The highest BCUT2D eigenvalue weighted by Gasteiger charge is 2.58. The number of ether oxygens (including phenoxy) is 1. The van der Waals surface area contributed by atoms with E-state index in [2.05, 4.69) is 10.3 Å². The van der Waals surface area contributed by atoms with Crippen molar-refractivity contribution >= 4 is 28.9 Å². The van der Waals surface area contributed by atoms with Gasteiger partial charge in [-0.15, -0.1) is 0 Å². The van der Waals surface area contributed by atoms with Gasteiger partial charge in [0.15, 0.2) is 17.3 Å². The van der Waals surface area contributed by atoms with Crippen LogP contribution in [-0.4, -0.2) is 50.9 Å². The summed E-state index contributed by atoms with van der Waals surface area (Å²) >= 11 is 0. The zero-order valence-corrected chi connectivity index (χ0v) is 20.8. The lowest BCUT2D eigenvalue weighted by Crippen LogP contribution is -2.52. The van der Waals surface area contributed by atoms with Crippen LogP contribution in [0.25, 0.3) is 16.7 Å². The van der Waals surface area contributed by atoms with Gasteiger partial charge >= 0.3 is 12.1 Å². The lowest BCUT2D eigenvalue weighted by Gasteiger charge is -2.34. The monoisotopic (exact) mass is 530 g/mol. The van der Waals surface area contributed by atoms with Crippen molar-refractivity contribution in [1.82, 2.24) is 14.9 Å². The van der Waals surface area contributed by atoms with Crippen LogP contribution in [0.2, 0.25) is 0 Å². The molecule has 3 heterocycles. The topological polar surface area (TPSA) is 114 Å². The number of hydrogen-bond acceptors (Lipinski definition) is 6. The number of pyridine rings is 2. The molecule has 9 nitrogen and oxygen atoms in total. The summed E-state index contributed by atoms with van der Waals surface area (Å²) < 4.78 is 50.1. The van der Waals surface area contributed by atoms with Crippen molar-refractivity contribution in [2.45, 2.75) is 44.8 Å². The number of rotatable bonds is 4. The van der Waals surface area contributed by atoms with Crippen LogP contribution in [0.15, 0.2) is 35.3 Å². The van der Waals surface area contributed by atoms with Gasteiger partial charge in [0.05, 0.1) is 16.6 Å². The minimum absolute atomic E-state index is 0.146. The van der Waals surface area contributed by atoms with Crippen molar-refractivity contribution in [3.63, 3.8) is 0 Å². The molecule has 1 aliphatic heterocycles. The van der Waals surface area contributed by atoms with Gasteiger partial charge < -0.3 is 20.1 Å². The molecule has 3 aromatic rings. The fourth-order valence-electron chi connectivity index (χ4n) is 5.01. The maximum Gasteiger partial charge on any atom is 0.408 e. The van der Waals surface area contributed by atoms with Crippen molar-refractivity contribution in [2.75, 3.05) is 18.0 Å². The maximum absolute atomic E-state index is 15.4. The zero-order valence-electron chi connectivity index (χ0n) is 20.8. The lowest BCUT2D eigenvalue weighted by atomic mass is 10.1. The molecule has 200 valence electrons. The molecule has 0 bridgehead atoms. The number of anilines is 1. The third-order valence-corrected chi connectivity index (χ3v) is 6.81. The first-order chi connectivity index (χ1) is 17.8. The van der Waals surface area contributed by atoms with Crippen molar-refractivity contribution < 1.29 is 32.6 Å². The van der Waals surface area contributed by atoms with Gasteiger partial charge in [0.1, 0.15) is 22.8 Å². The molecule has 1 aliphatic carbocycles. The van der Waals surface area contributed by atoms with Crippen molar-refractivity contribution in [2.24, 2.45) is 5.92 Å². The van der Waals surface area contributed by atoms with E-state index in [4.69, 9.17) is 4.74 Å². The molecule has 2 unspecified atom stereocenters. The number of aromatic carboxylic acids is 1. The number of piperidine rings is 1. The number of carboxylic acids is 1. The minimum Gasteiger partial charge on any atom is -0.477 e. The molecule has 12 heteroatoms. The average Bonchev–Trinajstić information content (AvgIpc) is 3.51. The number of aromatic nitrogens is 2. The summed E-state index contributed by atoms with van der Waals surface area (Å²) in [4.78, 5) is 42.9. The van der Waals surface area contributed by atoms with Gasteiger partial charge in [0, 0.05) is 25.4 Å². The van der Waals surface area contributed by atoms with E-state index in [1.807, 2.05) is 0 Å². The summed E-state index contributed by atoms with van der Waals surface area (Å²) in [5.74, 6) is -4.33. The Labute approximate surface area is 214 Å². The number of halogens is 3. The minimum atomic E-state index is -1.59. The highest BCUT2D eigenvalue weighted by atomic mass is 19.1. The summed E-state index contributed by atoms with van der Waals surface area (Å²) in [5.41, 5.74) is -3.52. The molecule has 2 aromatic heterocycles. The normalized spacial score (nSPS) is 20.7. The SMILES string of the molecule is CC(C)(C)OC(=O)NC12CC1CCN(c1nc3c(cc1F)c(=O)c(C(=O)O)cn3-c1ccc(F)cc1F)C2. The van der Waals surface area contributed by atoms with Crippen molar-refractivity contribution in [3.8, 4) is 5.69 Å². The predicted molar refractivity (Wildman–Crippen MR) is 131 cm³/mol. The van der Waals surface area contributed by atoms with Crippen LogP contribution in [0, 0.1) is 23.4 Å². The molecule has 2 N–H and O–H groups in total. The lowest BCUT2D eigenvalue weighted by molar-refractivity contribution is 0.0489. The molecule has 1 aromatic carbocycles. The molecule has 2 fully saturated rings. The number of hydrogen-bond donors (Lipinski definition) is 2. The number of nitrogens with zero attached hydrogens (tertiary/aromatic N) is 3. The number of carbonyl (C=O) groups is 2. The van der Waals surface area contributed by atoms with E-state index < -0.39 is 51.6 Å². The van der Waals surface area contributed by atoms with E-state index in [1.54, 1.807) is 25.7 Å². The van der Waals surface area contributed by atoms with Crippen LogP contribution in [-0.2, 0) is 4.74 Å². The summed E-state index contributed by atoms with van der Waals surface area (Å²) in [6.45, 7) is 5.86. The van der Waals surface area contributed by atoms with Crippen LogP contribution in [0.5, 0.6) is 0 Å². The molecule has 1 saturated heterocycles. The molecule has 1 saturated carbocycles. The second-order valence-corrected chi connectivity index (χ2v) is 10.7. The van der Waals surface area contributed by atoms with Gasteiger partial charge in [-0.05, 0) is 57.7 Å². The van der Waals surface area contributed by atoms with E-state index in [-0.39, 0.29) is 35.0 Å². The number of alkyl carbamates (subject to hydrolysis) is 1. The van der Waals surface area contributed by atoms with E-state index in [9.17, 15) is 28.3 Å². The molecule has 0 radical (unpaired) electrons. The predicted octanol–water partition coefficient (Wildman–Crippen LogP) is 3.99. The van der Waals surface area contributed by atoms with Crippen LogP contribution in [0.1, 0.15) is 44.0 Å². The Hall–Kier alpha value is -4.09. The number of carboxylic acid groups (broad SMARTS) is 1. The van der Waals surface area contributed by atoms with Crippen LogP contribution in [0.3, 0.4) is 0 Å². The maximum atomic E-state index is 15.4. The number of carbonyl (C=O) groups excluding carboxylic acids is 1. The fourth-order valence-corrected chi connectivity index (χ4v) is 5.01. The first kappa shape index (κ1) is 25.6. The second-order valence-electron chi connectivity index (χ2n) is 10.7. The standard InChI is InChI=1S/C26H25F3N4O5/c1-25(2,3)38-24(37)31-26-10-13(26)6-7-32(12-26)22-18(29)9-15-20(34)16(23(35)36)11-33(21(15)30-22)19-5-4-14(27)8-17(19)28/h4-5,8-9,11,13H,6-7,10,12H2,1-3H3,(H,31,37)(H,35,36). The van der Waals surface area contributed by atoms with E-state index in [0.29, 0.717) is 25.5 Å². The number of nitrogens with one attached hydrogen (secondary N) is 1. The van der Waals surface area contributed by atoms with Crippen molar-refractivity contribution in [3.05, 3.63) is 63.7 Å². The Kier molecular flexibility index (Phi) is 5.88. The largest absolute Gasteiger partial charge is 0.477 e. The summed E-state index contributed by atoms with van der Waals surface area (Å²) in [6, 6.07) is 3.52. The second kappa shape index (κ2) is 8.74. The fraction of sp³-hybridized carbons (Fsp3) is 0.385. The first-order valence-electron chi connectivity index (χ1n) is 12.0. The quantitative estimate of drug-likeness (QED) is 0.524. The Bertz CT molecular complexity index is 1550. The highest BCUT2D eigenvalue weighted by molar-refractivity contribution is 5.92. The van der Waals surface area contributed by atoms with Gasteiger partial charge in [-0.3, -0.25) is 9.36 Å². The van der Waals surface area contributed by atoms with E-state index >= 15 is 4.39 Å².